The maximum atomic E-state index is 12.0. The molecule has 0 aliphatic carbocycles. The standard InChI is InChI=1S/C16H20Cl2N2O5S/c1-20(26(2,23)24)10-5-3-4-7-12-8-6-9-13(11-12)15(21)19-14(17)16(22)25-18/h4,6-9,11,14H,3,5,10H2,1-2H3,(H,19,21)/b7-4-/t14-/m0/s1. The van der Waals surface area contributed by atoms with Crippen LogP contribution in [-0.4, -0.2) is 49.9 Å². The molecule has 1 atom stereocenters. The minimum absolute atomic E-state index is 0.317. The van der Waals surface area contributed by atoms with E-state index in [1.165, 1.54) is 11.4 Å². The van der Waals surface area contributed by atoms with E-state index in [9.17, 15) is 18.0 Å². The molecule has 0 heterocycles. The molecule has 0 radical (unpaired) electrons. The Kier molecular flexibility index (Phi) is 9.07. The molecule has 0 fully saturated rings. The van der Waals surface area contributed by atoms with Gasteiger partial charge in [-0.2, -0.15) is 0 Å². The maximum absolute atomic E-state index is 12.0. The molecular weight excluding hydrogens is 403 g/mol. The summed E-state index contributed by atoms with van der Waals surface area (Å²) in [6.45, 7) is 0.430. The summed E-state index contributed by atoms with van der Waals surface area (Å²) < 4.78 is 27.8. The van der Waals surface area contributed by atoms with Crippen molar-refractivity contribution in [3.63, 3.8) is 0 Å². The molecule has 1 rings (SSSR count). The number of nitrogens with zero attached hydrogens (tertiary/aromatic N) is 1. The third-order valence-corrected chi connectivity index (χ3v) is 5.16. The second-order valence-corrected chi connectivity index (χ2v) is 8.17. The van der Waals surface area contributed by atoms with E-state index in [1.54, 1.807) is 24.3 Å². The molecule has 0 saturated carbocycles. The van der Waals surface area contributed by atoms with Crippen molar-refractivity contribution >= 4 is 51.4 Å². The fraction of sp³-hybridized carbons (Fsp3) is 0.375. The number of hydrogen-bond acceptors (Lipinski definition) is 5. The molecule has 0 aliphatic heterocycles. The molecule has 0 spiro atoms. The lowest BCUT2D eigenvalue weighted by Gasteiger charge is -2.12. The SMILES string of the molecule is CN(CCC/C=C\c1cccc(C(=O)N[C@H](Cl)C(=O)OCl)c1)S(C)(=O)=O. The smallest absolute Gasteiger partial charge is 0.344 e. The number of halogens is 2. The van der Waals surface area contributed by atoms with Gasteiger partial charge in [0.2, 0.25) is 15.5 Å². The van der Waals surface area contributed by atoms with Crippen LogP contribution >= 0.6 is 23.5 Å². The van der Waals surface area contributed by atoms with Crippen LogP contribution in [0.4, 0.5) is 0 Å². The molecule has 10 heteroatoms. The van der Waals surface area contributed by atoms with Crippen LogP contribution < -0.4 is 5.32 Å². The first-order valence-corrected chi connectivity index (χ1v) is 10.2. The Morgan fingerprint density at radius 2 is 2.08 bits per heavy atom. The van der Waals surface area contributed by atoms with Crippen LogP contribution in [0, 0.1) is 0 Å². The molecule has 7 nitrogen and oxygen atoms in total. The Morgan fingerprint density at radius 1 is 1.38 bits per heavy atom. The van der Waals surface area contributed by atoms with Crippen LogP contribution in [0.5, 0.6) is 0 Å². The van der Waals surface area contributed by atoms with E-state index in [1.807, 2.05) is 12.2 Å². The number of carbonyl (C=O) groups is 2. The Bertz CT molecular complexity index is 768. The molecule has 144 valence electrons. The molecule has 26 heavy (non-hydrogen) atoms. The van der Waals surface area contributed by atoms with Crippen LogP contribution in [-0.2, 0) is 19.1 Å². The van der Waals surface area contributed by atoms with Gasteiger partial charge in [0.05, 0.1) is 6.26 Å². The predicted molar refractivity (Wildman–Crippen MR) is 101 cm³/mol. The van der Waals surface area contributed by atoms with E-state index >= 15 is 0 Å². The van der Waals surface area contributed by atoms with Gasteiger partial charge in [-0.3, -0.25) is 4.79 Å². The van der Waals surface area contributed by atoms with Crippen LogP contribution in [0.25, 0.3) is 6.08 Å². The van der Waals surface area contributed by atoms with Crippen LogP contribution in [0.3, 0.4) is 0 Å². The van der Waals surface area contributed by atoms with Crippen molar-refractivity contribution in [1.82, 2.24) is 9.62 Å². The minimum Gasteiger partial charge on any atom is -0.344 e. The highest BCUT2D eigenvalue weighted by Crippen LogP contribution is 2.10. The first kappa shape index (κ1) is 22.4. The zero-order valence-electron chi connectivity index (χ0n) is 14.3. The number of hydrogen-bond donors (Lipinski definition) is 1. The normalized spacial score (nSPS) is 13.0. The molecule has 1 N–H and O–H groups in total. The number of allylic oxidation sites excluding steroid dienone is 1. The second-order valence-electron chi connectivity index (χ2n) is 5.49. The van der Waals surface area contributed by atoms with Gasteiger partial charge in [-0.05, 0) is 30.5 Å². The average Bonchev–Trinajstić information content (AvgIpc) is 2.59. The predicted octanol–water partition coefficient (Wildman–Crippen LogP) is 2.36. The summed E-state index contributed by atoms with van der Waals surface area (Å²) in [6.07, 6.45) is 6.23. The van der Waals surface area contributed by atoms with Gasteiger partial charge in [-0.15, -0.1) is 0 Å². The number of amides is 1. The Balaban J connectivity index is 2.58. The van der Waals surface area contributed by atoms with E-state index < -0.39 is 27.4 Å². The van der Waals surface area contributed by atoms with Crippen molar-refractivity contribution < 1.29 is 22.3 Å². The summed E-state index contributed by atoms with van der Waals surface area (Å²) >= 11 is 10.5. The zero-order chi connectivity index (χ0) is 19.7. The van der Waals surface area contributed by atoms with Gasteiger partial charge < -0.3 is 9.61 Å². The minimum atomic E-state index is -3.16. The molecule has 0 aliphatic rings. The number of rotatable bonds is 9. The quantitative estimate of drug-likeness (QED) is 0.374. The Morgan fingerprint density at radius 3 is 2.69 bits per heavy atom. The number of unbranched alkanes of at least 4 members (excludes halogenated alkanes) is 1. The molecular formula is C16H20Cl2N2O5S. The van der Waals surface area contributed by atoms with E-state index in [0.29, 0.717) is 24.9 Å². The zero-order valence-corrected chi connectivity index (χ0v) is 16.6. The fourth-order valence-electron chi connectivity index (χ4n) is 1.90. The number of carbonyl (C=O) groups excluding carboxylic acids is 2. The van der Waals surface area contributed by atoms with E-state index in [4.69, 9.17) is 23.5 Å². The topological polar surface area (TPSA) is 92.8 Å². The summed E-state index contributed by atoms with van der Waals surface area (Å²) in [5, 5.41) is 2.26. The van der Waals surface area contributed by atoms with Crippen molar-refractivity contribution in [3.05, 3.63) is 41.5 Å². The summed E-state index contributed by atoms with van der Waals surface area (Å²) in [7, 11) is -1.63. The van der Waals surface area contributed by atoms with Crippen LogP contribution in [0.2, 0.25) is 0 Å². The molecule has 1 aromatic rings. The fourth-order valence-corrected chi connectivity index (χ4v) is 2.64. The van der Waals surface area contributed by atoms with Crippen molar-refractivity contribution in [2.45, 2.75) is 18.3 Å². The lowest BCUT2D eigenvalue weighted by atomic mass is 10.1. The van der Waals surface area contributed by atoms with Crippen LogP contribution in [0.15, 0.2) is 30.3 Å². The Hall–Kier alpha value is -1.61. The third-order valence-electron chi connectivity index (χ3n) is 3.41. The van der Waals surface area contributed by atoms with E-state index in [2.05, 4.69) is 9.61 Å². The van der Waals surface area contributed by atoms with Crippen molar-refractivity contribution in [1.29, 1.82) is 0 Å². The molecule has 0 bridgehead atoms. The largest absolute Gasteiger partial charge is 0.362 e. The first-order chi connectivity index (χ1) is 12.1. The average molecular weight is 423 g/mol. The second kappa shape index (κ2) is 10.5. The van der Waals surface area contributed by atoms with Crippen molar-refractivity contribution in [3.8, 4) is 0 Å². The Labute approximate surface area is 163 Å². The highest BCUT2D eigenvalue weighted by atomic mass is 35.5. The van der Waals surface area contributed by atoms with Gasteiger partial charge in [0.15, 0.2) is 0 Å². The van der Waals surface area contributed by atoms with Crippen LogP contribution in [0.1, 0.15) is 28.8 Å². The molecule has 1 aromatic carbocycles. The van der Waals surface area contributed by atoms with E-state index in [0.717, 1.165) is 11.8 Å². The summed E-state index contributed by atoms with van der Waals surface area (Å²) in [5.41, 5.74) is -0.289. The summed E-state index contributed by atoms with van der Waals surface area (Å²) in [5.74, 6) is -1.52. The monoisotopic (exact) mass is 422 g/mol. The third kappa shape index (κ3) is 7.74. The first-order valence-electron chi connectivity index (χ1n) is 7.60. The number of nitrogens with one attached hydrogen (secondary N) is 1. The van der Waals surface area contributed by atoms with Crippen molar-refractivity contribution in [2.75, 3.05) is 19.8 Å². The summed E-state index contributed by atoms with van der Waals surface area (Å²) in [6, 6.07) is 6.70. The summed E-state index contributed by atoms with van der Waals surface area (Å²) in [4.78, 5) is 23.1. The number of sulfonamides is 1. The van der Waals surface area contributed by atoms with E-state index in [-0.39, 0.29) is 0 Å². The highest BCUT2D eigenvalue weighted by molar-refractivity contribution is 7.88. The van der Waals surface area contributed by atoms with Gasteiger partial charge >= 0.3 is 5.97 Å². The van der Waals surface area contributed by atoms with Gasteiger partial charge in [0.1, 0.15) is 11.9 Å². The molecule has 0 saturated heterocycles. The number of alkyl halides is 1. The lowest BCUT2D eigenvalue weighted by Crippen LogP contribution is -2.36. The maximum Gasteiger partial charge on any atom is 0.362 e. The number of benzene rings is 1. The molecule has 0 unspecified atom stereocenters. The van der Waals surface area contributed by atoms with Gasteiger partial charge in [0.25, 0.3) is 5.91 Å². The molecule has 0 aromatic heterocycles. The molecule has 1 amide bonds. The van der Waals surface area contributed by atoms with Crippen molar-refractivity contribution in [2.24, 2.45) is 0 Å². The van der Waals surface area contributed by atoms with Gasteiger partial charge in [-0.1, -0.05) is 35.9 Å². The van der Waals surface area contributed by atoms with Gasteiger partial charge in [0, 0.05) is 19.2 Å². The van der Waals surface area contributed by atoms with Gasteiger partial charge in [-0.25, -0.2) is 17.5 Å². The highest BCUT2D eigenvalue weighted by Gasteiger charge is 2.20. The lowest BCUT2D eigenvalue weighted by molar-refractivity contribution is -0.134.